The summed E-state index contributed by atoms with van der Waals surface area (Å²) in [6.07, 6.45) is -4.40. The molecule has 0 fully saturated rings. The second-order valence-electron chi connectivity index (χ2n) is 4.51. The van der Waals surface area contributed by atoms with Crippen LogP contribution in [0.25, 0.3) is 0 Å². The number of rotatable bonds is 4. The van der Waals surface area contributed by atoms with Crippen LogP contribution in [0.1, 0.15) is 10.4 Å². The van der Waals surface area contributed by atoms with Gasteiger partial charge in [0.1, 0.15) is 5.75 Å². The molecule has 0 saturated heterocycles. The number of carbonyl (C=O) groups is 1. The van der Waals surface area contributed by atoms with Crippen molar-refractivity contribution in [1.29, 1.82) is 0 Å². The highest BCUT2D eigenvalue weighted by molar-refractivity contribution is 6.42. The summed E-state index contributed by atoms with van der Waals surface area (Å²) >= 11 is 11.6. The molecule has 0 atom stereocenters. The molecule has 0 spiro atoms. The van der Waals surface area contributed by atoms with E-state index in [1.165, 1.54) is 42.5 Å². The van der Waals surface area contributed by atoms with Crippen molar-refractivity contribution in [3.05, 3.63) is 58.1 Å². The Labute approximate surface area is 140 Å². The number of nitrogens with one attached hydrogen (secondary N) is 1. The predicted octanol–water partition coefficient (Wildman–Crippen LogP) is 5.19. The lowest BCUT2D eigenvalue weighted by atomic mass is 10.2. The van der Waals surface area contributed by atoms with Crippen molar-refractivity contribution < 1.29 is 22.7 Å². The summed E-state index contributed by atoms with van der Waals surface area (Å²) in [5, 5.41) is 3.16. The summed E-state index contributed by atoms with van der Waals surface area (Å²) in [6.45, 7) is -1.37. The Kier molecular flexibility index (Phi) is 5.38. The SMILES string of the molecule is O=C(Nc1ccc(OCC(F)(F)F)cc1)c1ccc(Cl)c(Cl)c1. The molecule has 2 aromatic carbocycles. The number of halogens is 5. The largest absolute Gasteiger partial charge is 0.484 e. The molecule has 0 aromatic heterocycles. The zero-order valence-electron chi connectivity index (χ0n) is 11.5. The van der Waals surface area contributed by atoms with Crippen LogP contribution in [-0.2, 0) is 0 Å². The maximum absolute atomic E-state index is 12.0. The lowest BCUT2D eigenvalue weighted by Gasteiger charge is -2.10. The fraction of sp³-hybridized carbons (Fsp3) is 0.133. The minimum atomic E-state index is -4.40. The normalized spacial score (nSPS) is 11.2. The van der Waals surface area contributed by atoms with Crippen LogP contribution in [0.3, 0.4) is 0 Å². The lowest BCUT2D eigenvalue weighted by Crippen LogP contribution is -2.19. The Hall–Kier alpha value is -1.92. The van der Waals surface area contributed by atoms with Crippen molar-refractivity contribution in [1.82, 2.24) is 0 Å². The van der Waals surface area contributed by atoms with Crippen LogP contribution in [0.4, 0.5) is 18.9 Å². The first kappa shape index (κ1) is 17.4. The second kappa shape index (κ2) is 7.10. The smallest absolute Gasteiger partial charge is 0.422 e. The summed E-state index contributed by atoms with van der Waals surface area (Å²) in [4.78, 5) is 12.0. The molecule has 0 aliphatic heterocycles. The third kappa shape index (κ3) is 5.33. The van der Waals surface area contributed by atoms with Gasteiger partial charge in [0.05, 0.1) is 10.0 Å². The van der Waals surface area contributed by atoms with Gasteiger partial charge in [-0.1, -0.05) is 23.2 Å². The van der Waals surface area contributed by atoms with Crippen LogP contribution >= 0.6 is 23.2 Å². The molecule has 1 amide bonds. The van der Waals surface area contributed by atoms with E-state index in [9.17, 15) is 18.0 Å². The number of carbonyl (C=O) groups excluding carboxylic acids is 1. The average molecular weight is 364 g/mol. The van der Waals surface area contributed by atoms with Gasteiger partial charge in [-0.25, -0.2) is 0 Å². The van der Waals surface area contributed by atoms with Crippen LogP contribution < -0.4 is 10.1 Å². The van der Waals surface area contributed by atoms with Gasteiger partial charge in [0.2, 0.25) is 0 Å². The summed E-state index contributed by atoms with van der Waals surface area (Å²) in [5.74, 6) is -0.373. The van der Waals surface area contributed by atoms with Crippen LogP contribution in [0, 0.1) is 0 Å². The van der Waals surface area contributed by atoms with Gasteiger partial charge in [0, 0.05) is 11.3 Å². The van der Waals surface area contributed by atoms with E-state index in [4.69, 9.17) is 23.2 Å². The van der Waals surface area contributed by atoms with E-state index in [0.717, 1.165) is 0 Å². The van der Waals surface area contributed by atoms with Gasteiger partial charge >= 0.3 is 6.18 Å². The van der Waals surface area contributed by atoms with Crippen molar-refractivity contribution in [2.45, 2.75) is 6.18 Å². The first-order chi connectivity index (χ1) is 10.7. The lowest BCUT2D eigenvalue weighted by molar-refractivity contribution is -0.153. The van der Waals surface area contributed by atoms with E-state index in [0.29, 0.717) is 16.3 Å². The second-order valence-corrected chi connectivity index (χ2v) is 5.33. The van der Waals surface area contributed by atoms with Crippen molar-refractivity contribution in [2.75, 3.05) is 11.9 Å². The average Bonchev–Trinajstić information content (AvgIpc) is 2.48. The van der Waals surface area contributed by atoms with E-state index < -0.39 is 18.7 Å². The fourth-order valence-corrected chi connectivity index (χ4v) is 1.94. The van der Waals surface area contributed by atoms with Gasteiger partial charge in [0.15, 0.2) is 6.61 Å². The standard InChI is InChI=1S/C15H10Cl2F3NO2/c16-12-6-1-9(7-13(12)17)14(22)21-10-2-4-11(5-3-10)23-8-15(18,19)20/h1-7H,8H2,(H,21,22). The highest BCUT2D eigenvalue weighted by Gasteiger charge is 2.28. The molecule has 2 rings (SSSR count). The Bertz CT molecular complexity index is 703. The van der Waals surface area contributed by atoms with Crippen molar-refractivity contribution in [2.24, 2.45) is 0 Å². The third-order valence-electron chi connectivity index (χ3n) is 2.70. The highest BCUT2D eigenvalue weighted by Crippen LogP contribution is 2.24. The zero-order valence-corrected chi connectivity index (χ0v) is 13.0. The minimum Gasteiger partial charge on any atom is -0.484 e. The minimum absolute atomic E-state index is 0.0508. The highest BCUT2D eigenvalue weighted by atomic mass is 35.5. The maximum atomic E-state index is 12.0. The van der Waals surface area contributed by atoms with E-state index in [1.54, 1.807) is 0 Å². The Morgan fingerprint density at radius 2 is 1.70 bits per heavy atom. The van der Waals surface area contributed by atoms with E-state index in [1.807, 2.05) is 0 Å². The van der Waals surface area contributed by atoms with Crippen molar-refractivity contribution in [3.8, 4) is 5.75 Å². The monoisotopic (exact) mass is 363 g/mol. The summed E-state index contributed by atoms with van der Waals surface area (Å²) in [5.41, 5.74) is 0.706. The van der Waals surface area contributed by atoms with Crippen LogP contribution in [0.15, 0.2) is 42.5 Å². The zero-order chi connectivity index (χ0) is 17.0. The summed E-state index contributed by atoms with van der Waals surface area (Å²) < 4.78 is 40.7. The van der Waals surface area contributed by atoms with E-state index in [2.05, 4.69) is 10.1 Å². The quantitative estimate of drug-likeness (QED) is 0.811. The number of amides is 1. The van der Waals surface area contributed by atoms with Gasteiger partial charge in [0.25, 0.3) is 5.91 Å². The molecule has 1 N–H and O–H groups in total. The van der Waals surface area contributed by atoms with Gasteiger partial charge in [-0.3, -0.25) is 4.79 Å². The molecule has 0 aliphatic carbocycles. The number of hydrogen-bond donors (Lipinski definition) is 1. The summed E-state index contributed by atoms with van der Waals surface area (Å²) in [7, 11) is 0. The number of alkyl halides is 3. The van der Waals surface area contributed by atoms with Crippen molar-refractivity contribution in [3.63, 3.8) is 0 Å². The molecule has 3 nitrogen and oxygen atoms in total. The first-order valence-corrected chi connectivity index (χ1v) is 7.06. The first-order valence-electron chi connectivity index (χ1n) is 6.30. The molecule has 0 heterocycles. The third-order valence-corrected chi connectivity index (χ3v) is 3.44. The predicted molar refractivity (Wildman–Crippen MR) is 82.4 cm³/mol. The van der Waals surface area contributed by atoms with E-state index in [-0.39, 0.29) is 10.8 Å². The van der Waals surface area contributed by atoms with Crippen LogP contribution in [-0.4, -0.2) is 18.7 Å². The summed E-state index contributed by atoms with van der Waals surface area (Å²) in [6, 6.07) is 9.94. The number of ether oxygens (including phenoxy) is 1. The Balaban J connectivity index is 2.00. The molecule has 0 radical (unpaired) electrons. The Morgan fingerprint density at radius 1 is 1.04 bits per heavy atom. The molecule has 0 bridgehead atoms. The molecule has 8 heteroatoms. The molecule has 122 valence electrons. The molecular weight excluding hydrogens is 354 g/mol. The Morgan fingerprint density at radius 3 is 2.26 bits per heavy atom. The molecule has 23 heavy (non-hydrogen) atoms. The number of benzene rings is 2. The number of hydrogen-bond acceptors (Lipinski definition) is 2. The van der Waals surface area contributed by atoms with Crippen LogP contribution in [0.5, 0.6) is 5.75 Å². The van der Waals surface area contributed by atoms with Gasteiger partial charge < -0.3 is 10.1 Å². The fourth-order valence-electron chi connectivity index (χ4n) is 1.64. The molecule has 0 aliphatic rings. The van der Waals surface area contributed by atoms with Crippen molar-refractivity contribution >= 4 is 34.8 Å². The van der Waals surface area contributed by atoms with E-state index >= 15 is 0 Å². The van der Waals surface area contributed by atoms with Crippen LogP contribution in [0.2, 0.25) is 10.0 Å². The molecule has 0 unspecified atom stereocenters. The van der Waals surface area contributed by atoms with Gasteiger partial charge in [-0.2, -0.15) is 13.2 Å². The van der Waals surface area contributed by atoms with Gasteiger partial charge in [-0.15, -0.1) is 0 Å². The maximum Gasteiger partial charge on any atom is 0.422 e. The topological polar surface area (TPSA) is 38.3 Å². The van der Waals surface area contributed by atoms with Gasteiger partial charge in [-0.05, 0) is 42.5 Å². The molecule has 2 aromatic rings. The molecule has 0 saturated carbocycles. The molecular formula is C15H10Cl2F3NO2. The number of anilines is 1.